The van der Waals surface area contributed by atoms with Gasteiger partial charge in [0.15, 0.2) is 5.96 Å². The van der Waals surface area contributed by atoms with E-state index in [2.05, 4.69) is 40.5 Å². The first kappa shape index (κ1) is 21.7. The topological polar surface area (TPSA) is 58.5 Å². The zero-order valence-corrected chi connectivity index (χ0v) is 18.4. The van der Waals surface area contributed by atoms with Crippen LogP contribution >= 0.6 is 35.3 Å². The van der Waals surface area contributed by atoms with Gasteiger partial charge >= 0.3 is 0 Å². The number of hydrogen-bond acceptors (Lipinski definition) is 4. The average Bonchev–Trinajstić information content (AvgIpc) is 2.87. The smallest absolute Gasteiger partial charge is 0.191 e. The highest BCUT2D eigenvalue weighted by Crippen LogP contribution is 2.17. The van der Waals surface area contributed by atoms with Gasteiger partial charge in [0.2, 0.25) is 0 Å². The summed E-state index contributed by atoms with van der Waals surface area (Å²) >= 11 is 1.70. The molecule has 2 rings (SSSR count). The Morgan fingerprint density at radius 3 is 2.68 bits per heavy atom. The molecule has 2 N–H and O–H groups in total. The maximum atomic E-state index is 5.75. The van der Waals surface area contributed by atoms with Crippen LogP contribution in [0.1, 0.15) is 28.1 Å². The van der Waals surface area contributed by atoms with Crippen LogP contribution in [0.4, 0.5) is 0 Å². The number of nitrogens with one attached hydrogen (secondary N) is 2. The van der Waals surface area contributed by atoms with Gasteiger partial charge in [0.05, 0.1) is 23.8 Å². The zero-order chi connectivity index (χ0) is 17.4. The van der Waals surface area contributed by atoms with Crippen molar-refractivity contribution in [3.05, 3.63) is 45.4 Å². The van der Waals surface area contributed by atoms with Crippen molar-refractivity contribution >= 4 is 41.3 Å². The van der Waals surface area contributed by atoms with Gasteiger partial charge in [-0.05, 0) is 45.4 Å². The molecule has 0 spiro atoms. The lowest BCUT2D eigenvalue weighted by atomic mass is 10.2. The van der Waals surface area contributed by atoms with Crippen LogP contribution in [-0.4, -0.2) is 30.6 Å². The van der Waals surface area contributed by atoms with Crippen LogP contribution in [0.3, 0.4) is 0 Å². The highest BCUT2D eigenvalue weighted by Gasteiger charge is 2.04. The monoisotopic (exact) mass is 474 g/mol. The Labute approximate surface area is 171 Å². The Bertz CT molecular complexity index is 687. The van der Waals surface area contributed by atoms with Gasteiger partial charge in [0.1, 0.15) is 12.4 Å². The van der Waals surface area contributed by atoms with E-state index in [1.807, 2.05) is 32.0 Å². The van der Waals surface area contributed by atoms with Crippen LogP contribution in [0.15, 0.2) is 29.3 Å². The Morgan fingerprint density at radius 1 is 1.24 bits per heavy atom. The summed E-state index contributed by atoms with van der Waals surface area (Å²) in [5, 5.41) is 7.64. The zero-order valence-electron chi connectivity index (χ0n) is 15.3. The molecular formula is C18H27IN4OS. The fourth-order valence-electron chi connectivity index (χ4n) is 2.26. The standard InChI is InChI=1S/C18H26N4OS.HI/c1-5-19-18(21-12-17-14(3)22-15(4)24-17)20-9-10-23-16-8-6-7-13(2)11-16;/h6-8,11H,5,9-10,12H2,1-4H3,(H2,19,20,21);1H. The van der Waals surface area contributed by atoms with Gasteiger partial charge in [-0.25, -0.2) is 9.98 Å². The van der Waals surface area contributed by atoms with Crippen molar-refractivity contribution in [3.63, 3.8) is 0 Å². The largest absolute Gasteiger partial charge is 0.492 e. The highest BCUT2D eigenvalue weighted by molar-refractivity contribution is 14.0. The molecule has 1 heterocycles. The fraction of sp³-hybridized carbons (Fsp3) is 0.444. The minimum atomic E-state index is 0. The number of nitrogens with zero attached hydrogens (tertiary/aromatic N) is 2. The number of guanidine groups is 1. The number of aromatic nitrogens is 1. The van der Waals surface area contributed by atoms with Gasteiger partial charge in [-0.15, -0.1) is 35.3 Å². The molecule has 0 fully saturated rings. The second-order valence-electron chi connectivity index (χ2n) is 5.53. The predicted octanol–water partition coefficient (Wildman–Crippen LogP) is 3.82. The van der Waals surface area contributed by atoms with Crippen molar-refractivity contribution in [3.8, 4) is 5.75 Å². The quantitative estimate of drug-likeness (QED) is 0.277. The first-order valence-electron chi connectivity index (χ1n) is 8.23. The molecule has 7 heteroatoms. The molecule has 0 aliphatic carbocycles. The lowest BCUT2D eigenvalue weighted by Gasteiger charge is -2.12. The second-order valence-corrected chi connectivity index (χ2v) is 6.82. The van der Waals surface area contributed by atoms with E-state index >= 15 is 0 Å². The molecule has 0 atom stereocenters. The third-order valence-electron chi connectivity index (χ3n) is 3.38. The van der Waals surface area contributed by atoms with E-state index < -0.39 is 0 Å². The molecule has 25 heavy (non-hydrogen) atoms. The van der Waals surface area contributed by atoms with E-state index in [9.17, 15) is 0 Å². The first-order valence-corrected chi connectivity index (χ1v) is 9.04. The number of aryl methyl sites for hydroxylation is 3. The van der Waals surface area contributed by atoms with Crippen LogP contribution in [0.5, 0.6) is 5.75 Å². The number of ether oxygens (including phenoxy) is 1. The fourth-order valence-corrected chi connectivity index (χ4v) is 3.12. The van der Waals surface area contributed by atoms with E-state index in [-0.39, 0.29) is 24.0 Å². The summed E-state index contributed by atoms with van der Waals surface area (Å²) in [4.78, 5) is 10.3. The van der Waals surface area contributed by atoms with Gasteiger partial charge < -0.3 is 15.4 Å². The van der Waals surface area contributed by atoms with E-state index in [0.29, 0.717) is 19.7 Å². The molecule has 5 nitrogen and oxygen atoms in total. The number of halogens is 1. The van der Waals surface area contributed by atoms with Crippen molar-refractivity contribution in [1.29, 1.82) is 0 Å². The summed E-state index contributed by atoms with van der Waals surface area (Å²) in [7, 11) is 0. The van der Waals surface area contributed by atoms with Gasteiger partial charge in [0.25, 0.3) is 0 Å². The summed E-state index contributed by atoms with van der Waals surface area (Å²) in [6.07, 6.45) is 0. The van der Waals surface area contributed by atoms with E-state index in [0.717, 1.165) is 29.0 Å². The van der Waals surface area contributed by atoms with Crippen molar-refractivity contribution in [1.82, 2.24) is 15.6 Å². The molecule has 0 unspecified atom stereocenters. The highest BCUT2D eigenvalue weighted by atomic mass is 127. The molecule has 0 bridgehead atoms. The molecule has 0 saturated carbocycles. The van der Waals surface area contributed by atoms with Crippen molar-refractivity contribution in [2.75, 3.05) is 19.7 Å². The van der Waals surface area contributed by atoms with Crippen LogP contribution < -0.4 is 15.4 Å². The van der Waals surface area contributed by atoms with Crippen LogP contribution in [0, 0.1) is 20.8 Å². The summed E-state index contributed by atoms with van der Waals surface area (Å²) in [5.74, 6) is 1.70. The van der Waals surface area contributed by atoms with Gasteiger partial charge in [0, 0.05) is 11.4 Å². The Kier molecular flexibility index (Phi) is 9.81. The molecule has 0 aliphatic rings. The molecule has 1 aromatic carbocycles. The van der Waals surface area contributed by atoms with Crippen LogP contribution in [-0.2, 0) is 6.54 Å². The maximum Gasteiger partial charge on any atom is 0.191 e. The number of thiazole rings is 1. The summed E-state index contributed by atoms with van der Waals surface area (Å²) in [6.45, 7) is 10.9. The molecule has 0 aliphatic heterocycles. The molecule has 138 valence electrons. The number of hydrogen-bond donors (Lipinski definition) is 2. The minimum Gasteiger partial charge on any atom is -0.492 e. The van der Waals surface area contributed by atoms with Crippen molar-refractivity contribution in [2.45, 2.75) is 34.2 Å². The third kappa shape index (κ3) is 7.60. The van der Waals surface area contributed by atoms with Gasteiger partial charge in [-0.1, -0.05) is 12.1 Å². The average molecular weight is 474 g/mol. The van der Waals surface area contributed by atoms with Gasteiger partial charge in [-0.2, -0.15) is 0 Å². The molecule has 0 amide bonds. The maximum absolute atomic E-state index is 5.75. The van der Waals surface area contributed by atoms with Crippen molar-refractivity contribution in [2.24, 2.45) is 4.99 Å². The second kappa shape index (κ2) is 11.3. The molecular weight excluding hydrogens is 447 g/mol. The van der Waals surface area contributed by atoms with Crippen molar-refractivity contribution < 1.29 is 4.74 Å². The Hall–Kier alpha value is -1.35. The number of benzene rings is 1. The predicted molar refractivity (Wildman–Crippen MR) is 116 cm³/mol. The van der Waals surface area contributed by atoms with E-state index in [1.54, 1.807) is 11.3 Å². The molecule has 2 aromatic rings. The number of rotatable bonds is 7. The van der Waals surface area contributed by atoms with Crippen LogP contribution in [0.25, 0.3) is 0 Å². The molecule has 0 saturated heterocycles. The molecule has 0 radical (unpaired) electrons. The van der Waals surface area contributed by atoms with Gasteiger partial charge in [-0.3, -0.25) is 0 Å². The summed E-state index contributed by atoms with van der Waals surface area (Å²) < 4.78 is 5.75. The van der Waals surface area contributed by atoms with Crippen LogP contribution in [0.2, 0.25) is 0 Å². The number of aliphatic imine (C=N–C) groups is 1. The lowest BCUT2D eigenvalue weighted by molar-refractivity contribution is 0.321. The SMILES string of the molecule is CCNC(=NCc1sc(C)nc1C)NCCOc1cccc(C)c1.I. The minimum absolute atomic E-state index is 0. The summed E-state index contributed by atoms with van der Waals surface area (Å²) in [6, 6.07) is 8.07. The Balaban J connectivity index is 0.00000312. The van der Waals surface area contributed by atoms with E-state index in [1.165, 1.54) is 10.4 Å². The Morgan fingerprint density at radius 2 is 2.04 bits per heavy atom. The molecule has 1 aromatic heterocycles. The normalized spacial score (nSPS) is 11.0. The third-order valence-corrected chi connectivity index (χ3v) is 4.43. The van der Waals surface area contributed by atoms with E-state index in [4.69, 9.17) is 4.74 Å². The summed E-state index contributed by atoms with van der Waals surface area (Å²) in [5.41, 5.74) is 2.27. The first-order chi connectivity index (χ1) is 11.6. The lowest BCUT2D eigenvalue weighted by Crippen LogP contribution is -2.39.